The summed E-state index contributed by atoms with van der Waals surface area (Å²) >= 11 is 0. The summed E-state index contributed by atoms with van der Waals surface area (Å²) in [6.07, 6.45) is 11.9. The zero-order valence-corrected chi connectivity index (χ0v) is 24.5. The number of anilines is 1. The van der Waals surface area contributed by atoms with Crippen LogP contribution in [0.1, 0.15) is 79.7 Å². The number of carbonyl (C=O) groups is 2. The molecule has 6 rings (SSSR count). The number of amides is 2. The smallest absolute Gasteiger partial charge is 0.296 e. The number of allylic oxidation sites excluding steroid dienone is 1. The maximum atomic E-state index is 13.4. The molecule has 3 aromatic carbocycles. The fourth-order valence-corrected chi connectivity index (χ4v) is 6.97. The second-order valence-electron chi connectivity index (χ2n) is 12.3. The molecule has 2 N–H and O–H groups in total. The van der Waals surface area contributed by atoms with Gasteiger partial charge in [-0.15, -0.1) is 0 Å². The van der Waals surface area contributed by atoms with Crippen molar-refractivity contribution in [3.05, 3.63) is 101 Å². The topological polar surface area (TPSA) is 58.2 Å². The highest BCUT2D eigenvalue weighted by molar-refractivity contribution is 6.37. The highest BCUT2D eigenvalue weighted by atomic mass is 16.2. The SMILES string of the molecule is CCNC(=O)C#Cc1ccc2c(c1)NC(=O)/C2=C(\Cc1ccc(CC2CCC(CC3CCC3)C2)cc1)c1ccccc1. The predicted octanol–water partition coefficient (Wildman–Crippen LogP) is 7.43. The lowest BCUT2D eigenvalue weighted by molar-refractivity contribution is -0.115. The van der Waals surface area contributed by atoms with Gasteiger partial charge in [0.15, 0.2) is 0 Å². The first-order chi connectivity index (χ1) is 20.6. The molecule has 2 fully saturated rings. The number of hydrogen-bond acceptors (Lipinski definition) is 2. The molecule has 4 heteroatoms. The summed E-state index contributed by atoms with van der Waals surface area (Å²) in [5.41, 5.74) is 7.67. The lowest BCUT2D eigenvalue weighted by Gasteiger charge is -2.28. The Bertz CT molecular complexity index is 1540. The molecule has 2 aliphatic carbocycles. The molecular weight excluding hydrogens is 516 g/mol. The fraction of sp³-hybridized carbons (Fsp3) is 0.368. The third kappa shape index (κ3) is 6.52. The molecule has 42 heavy (non-hydrogen) atoms. The van der Waals surface area contributed by atoms with Crippen molar-refractivity contribution in [3.63, 3.8) is 0 Å². The van der Waals surface area contributed by atoms with Gasteiger partial charge >= 0.3 is 0 Å². The Labute approximate surface area is 250 Å². The molecule has 0 spiro atoms. The van der Waals surface area contributed by atoms with Gasteiger partial charge in [0.05, 0.1) is 11.3 Å². The van der Waals surface area contributed by atoms with E-state index in [1.54, 1.807) is 0 Å². The number of rotatable bonds is 8. The van der Waals surface area contributed by atoms with Crippen molar-refractivity contribution in [1.29, 1.82) is 0 Å². The van der Waals surface area contributed by atoms with Gasteiger partial charge in [-0.25, -0.2) is 0 Å². The van der Waals surface area contributed by atoms with Crippen molar-refractivity contribution in [2.45, 2.75) is 64.7 Å². The molecule has 3 aliphatic rings. The minimum atomic E-state index is -0.309. The summed E-state index contributed by atoms with van der Waals surface area (Å²) in [5, 5.41) is 5.73. The maximum absolute atomic E-state index is 13.4. The van der Waals surface area contributed by atoms with Crippen LogP contribution in [0.4, 0.5) is 5.69 Å². The molecule has 2 atom stereocenters. The van der Waals surface area contributed by atoms with Crippen LogP contribution in [0.15, 0.2) is 72.8 Å². The van der Waals surface area contributed by atoms with Gasteiger partial charge in [-0.05, 0) is 91.2 Å². The first-order valence-electron chi connectivity index (χ1n) is 15.7. The van der Waals surface area contributed by atoms with Gasteiger partial charge in [0, 0.05) is 23.6 Å². The molecule has 0 radical (unpaired) electrons. The van der Waals surface area contributed by atoms with Crippen LogP contribution in [-0.2, 0) is 22.4 Å². The van der Waals surface area contributed by atoms with Gasteiger partial charge in [-0.3, -0.25) is 9.59 Å². The van der Waals surface area contributed by atoms with E-state index in [0.29, 0.717) is 24.1 Å². The standard InChI is InChI=1S/C38H40N2O2/c1-2-39-36(41)20-18-29-17-19-33-35(25-29)40-38(42)37(33)34(32-9-4-3-5-10-32)24-28-13-11-27(12-14-28)22-31-16-15-30(23-31)21-26-7-6-8-26/h3-5,9-14,17,19,25-26,30-31H,2,6-8,15-16,21-24H2,1H3,(H,39,41)(H,40,42)/b37-34+. The summed E-state index contributed by atoms with van der Waals surface area (Å²) in [6, 6.07) is 24.9. The molecule has 1 aliphatic heterocycles. The van der Waals surface area contributed by atoms with Gasteiger partial charge in [0.1, 0.15) is 0 Å². The first kappa shape index (κ1) is 28.0. The second-order valence-corrected chi connectivity index (χ2v) is 12.3. The highest BCUT2D eigenvalue weighted by Gasteiger charge is 2.30. The largest absolute Gasteiger partial charge is 0.346 e. The zero-order valence-electron chi connectivity index (χ0n) is 24.5. The van der Waals surface area contributed by atoms with E-state index in [9.17, 15) is 9.59 Å². The molecule has 4 nitrogen and oxygen atoms in total. The van der Waals surface area contributed by atoms with Crippen molar-refractivity contribution in [1.82, 2.24) is 5.32 Å². The van der Waals surface area contributed by atoms with Crippen molar-refractivity contribution in [2.75, 3.05) is 11.9 Å². The van der Waals surface area contributed by atoms with E-state index in [4.69, 9.17) is 0 Å². The van der Waals surface area contributed by atoms with Gasteiger partial charge in [0.2, 0.25) is 0 Å². The van der Waals surface area contributed by atoms with Gasteiger partial charge in [0.25, 0.3) is 11.8 Å². The van der Waals surface area contributed by atoms with Crippen molar-refractivity contribution >= 4 is 28.6 Å². The van der Waals surface area contributed by atoms with E-state index in [1.807, 2.05) is 43.3 Å². The molecule has 2 unspecified atom stereocenters. The molecule has 0 saturated heterocycles. The van der Waals surface area contributed by atoms with Crippen molar-refractivity contribution in [3.8, 4) is 11.8 Å². The third-order valence-electron chi connectivity index (χ3n) is 9.32. The first-order valence-corrected chi connectivity index (χ1v) is 15.7. The van der Waals surface area contributed by atoms with Gasteiger partial charge in [-0.2, -0.15) is 0 Å². The van der Waals surface area contributed by atoms with E-state index < -0.39 is 0 Å². The minimum absolute atomic E-state index is 0.105. The molecule has 3 aromatic rings. The van der Waals surface area contributed by atoms with E-state index in [1.165, 1.54) is 62.5 Å². The summed E-state index contributed by atoms with van der Waals surface area (Å²) in [5.74, 6) is 7.89. The van der Waals surface area contributed by atoms with Crippen LogP contribution in [0.3, 0.4) is 0 Å². The molecule has 2 saturated carbocycles. The van der Waals surface area contributed by atoms with E-state index in [0.717, 1.165) is 40.1 Å². The summed E-state index contributed by atoms with van der Waals surface area (Å²) in [6.45, 7) is 2.40. The number of benzene rings is 3. The van der Waals surface area contributed by atoms with Crippen LogP contribution < -0.4 is 10.6 Å². The summed E-state index contributed by atoms with van der Waals surface area (Å²) in [7, 11) is 0. The lowest BCUT2D eigenvalue weighted by Crippen LogP contribution is -2.20. The number of hydrogen-bond donors (Lipinski definition) is 2. The van der Waals surface area contributed by atoms with E-state index >= 15 is 0 Å². The maximum Gasteiger partial charge on any atom is 0.296 e. The van der Waals surface area contributed by atoms with Crippen LogP contribution in [-0.4, -0.2) is 18.4 Å². The molecule has 0 bridgehead atoms. The third-order valence-corrected chi connectivity index (χ3v) is 9.32. The van der Waals surface area contributed by atoms with E-state index in [2.05, 4.69) is 58.9 Å². The Morgan fingerprint density at radius 1 is 0.905 bits per heavy atom. The minimum Gasteiger partial charge on any atom is -0.346 e. The van der Waals surface area contributed by atoms with Crippen LogP contribution in [0, 0.1) is 29.6 Å². The fourth-order valence-electron chi connectivity index (χ4n) is 6.97. The van der Waals surface area contributed by atoms with E-state index in [-0.39, 0.29) is 11.8 Å². The molecule has 0 aromatic heterocycles. The normalized spacial score (nSPS) is 20.6. The Morgan fingerprint density at radius 3 is 2.40 bits per heavy atom. The Morgan fingerprint density at radius 2 is 1.67 bits per heavy atom. The second kappa shape index (κ2) is 12.8. The molecular formula is C38H40N2O2. The Hall–Kier alpha value is -4.10. The van der Waals surface area contributed by atoms with Crippen molar-refractivity contribution in [2.24, 2.45) is 17.8 Å². The number of nitrogens with one attached hydrogen (secondary N) is 2. The summed E-state index contributed by atoms with van der Waals surface area (Å²) in [4.78, 5) is 25.2. The van der Waals surface area contributed by atoms with Crippen LogP contribution in [0.25, 0.3) is 11.1 Å². The van der Waals surface area contributed by atoms with Crippen molar-refractivity contribution < 1.29 is 9.59 Å². The molecule has 214 valence electrons. The average molecular weight is 557 g/mol. The van der Waals surface area contributed by atoms with Gasteiger partial charge < -0.3 is 10.6 Å². The number of fused-ring (bicyclic) bond motifs is 1. The van der Waals surface area contributed by atoms with Crippen LogP contribution in [0.5, 0.6) is 0 Å². The molecule has 1 heterocycles. The zero-order chi connectivity index (χ0) is 28.9. The predicted molar refractivity (Wildman–Crippen MR) is 171 cm³/mol. The van der Waals surface area contributed by atoms with Gasteiger partial charge in [-0.1, -0.05) is 92.3 Å². The average Bonchev–Trinajstić information content (AvgIpc) is 3.56. The quantitative estimate of drug-likeness (QED) is 0.224. The molecule has 2 amide bonds. The Kier molecular flexibility index (Phi) is 8.56. The number of carbonyl (C=O) groups excluding carboxylic acids is 2. The van der Waals surface area contributed by atoms with Crippen LogP contribution >= 0.6 is 0 Å². The highest BCUT2D eigenvalue weighted by Crippen LogP contribution is 2.42. The Balaban J connectivity index is 1.21. The monoisotopic (exact) mass is 556 g/mol. The lowest BCUT2D eigenvalue weighted by atomic mass is 9.78. The van der Waals surface area contributed by atoms with Crippen LogP contribution in [0.2, 0.25) is 0 Å². The summed E-state index contributed by atoms with van der Waals surface area (Å²) < 4.78 is 0.